The summed E-state index contributed by atoms with van der Waals surface area (Å²) in [6.07, 6.45) is 11.9. The second-order valence-corrected chi connectivity index (χ2v) is 8.67. The largest absolute Gasteiger partial charge is 0.380 e. The molecule has 0 atom stereocenters. The van der Waals surface area contributed by atoms with Crippen LogP contribution in [0.4, 0.5) is 0 Å². The van der Waals surface area contributed by atoms with Crippen LogP contribution in [0.2, 0.25) is 0 Å². The van der Waals surface area contributed by atoms with Crippen molar-refractivity contribution < 1.29 is 4.74 Å². The molecule has 1 aliphatic carbocycles. The van der Waals surface area contributed by atoms with Gasteiger partial charge in [-0.2, -0.15) is 14.3 Å². The van der Waals surface area contributed by atoms with E-state index in [0.717, 1.165) is 48.5 Å². The molecule has 0 spiro atoms. The van der Waals surface area contributed by atoms with Crippen LogP contribution in [-0.4, -0.2) is 61.2 Å². The fourth-order valence-corrected chi connectivity index (χ4v) is 5.14. The molecule has 2 aliphatic rings. The zero-order chi connectivity index (χ0) is 19.8. The molecule has 1 aliphatic heterocycles. The number of thiol groups is 1. The van der Waals surface area contributed by atoms with E-state index in [4.69, 9.17) is 9.72 Å². The Hall–Kier alpha value is -1.90. The topological polar surface area (TPSA) is 61.0 Å². The van der Waals surface area contributed by atoms with Crippen molar-refractivity contribution in [3.63, 3.8) is 0 Å². The summed E-state index contributed by atoms with van der Waals surface area (Å²) in [6.45, 7) is 4.05. The van der Waals surface area contributed by atoms with Crippen molar-refractivity contribution in [1.82, 2.24) is 28.9 Å². The monoisotopic (exact) mass is 412 g/mol. The van der Waals surface area contributed by atoms with Crippen LogP contribution < -0.4 is 0 Å². The van der Waals surface area contributed by atoms with Gasteiger partial charge in [-0.25, -0.2) is 4.98 Å². The van der Waals surface area contributed by atoms with E-state index in [1.165, 1.54) is 37.8 Å². The van der Waals surface area contributed by atoms with E-state index in [9.17, 15) is 0 Å². The summed E-state index contributed by atoms with van der Waals surface area (Å²) >= 11 is 4.47. The van der Waals surface area contributed by atoms with Crippen LogP contribution in [-0.2, 0) is 11.8 Å². The van der Waals surface area contributed by atoms with E-state index in [1.54, 1.807) is 8.77 Å². The lowest BCUT2D eigenvalue weighted by atomic mass is 9.81. The number of fused-ring (bicyclic) bond motifs is 1. The highest BCUT2D eigenvalue weighted by molar-refractivity contribution is 7.78. The van der Waals surface area contributed by atoms with Gasteiger partial charge in [0.15, 0.2) is 5.65 Å². The third kappa shape index (κ3) is 3.81. The Morgan fingerprint density at radius 3 is 2.76 bits per heavy atom. The second-order valence-electron chi connectivity index (χ2n) is 8.29. The highest BCUT2D eigenvalue weighted by atomic mass is 32.1. The maximum Gasteiger partial charge on any atom is 0.170 e. The predicted octanol–water partition coefficient (Wildman–Crippen LogP) is 3.27. The van der Waals surface area contributed by atoms with Gasteiger partial charge in [0.25, 0.3) is 0 Å². The van der Waals surface area contributed by atoms with E-state index < -0.39 is 0 Å². The molecule has 2 fully saturated rings. The van der Waals surface area contributed by atoms with Crippen LogP contribution in [0.25, 0.3) is 22.3 Å². The molecular formula is C21H28N6OS. The lowest BCUT2D eigenvalue weighted by Gasteiger charge is -2.36. The summed E-state index contributed by atoms with van der Waals surface area (Å²) in [4.78, 5) is 7.35. The smallest absolute Gasteiger partial charge is 0.170 e. The minimum absolute atomic E-state index is 0.566. The van der Waals surface area contributed by atoms with Gasteiger partial charge in [-0.3, -0.25) is 9.58 Å². The van der Waals surface area contributed by atoms with Crippen molar-refractivity contribution >= 4 is 23.8 Å². The van der Waals surface area contributed by atoms with Crippen molar-refractivity contribution in [2.75, 3.05) is 26.3 Å². The predicted molar refractivity (Wildman–Crippen MR) is 116 cm³/mol. The van der Waals surface area contributed by atoms with Gasteiger partial charge in [0.05, 0.1) is 12.8 Å². The zero-order valence-corrected chi connectivity index (χ0v) is 17.8. The minimum Gasteiger partial charge on any atom is -0.380 e. The molecule has 1 saturated heterocycles. The molecule has 4 heterocycles. The zero-order valence-electron chi connectivity index (χ0n) is 16.9. The second kappa shape index (κ2) is 8.08. The molecule has 0 unspecified atom stereocenters. The average molecular weight is 413 g/mol. The Morgan fingerprint density at radius 1 is 1.10 bits per heavy atom. The number of aryl methyl sites for hydroxylation is 1. The molecule has 8 heteroatoms. The van der Waals surface area contributed by atoms with Crippen LogP contribution in [0.5, 0.6) is 0 Å². The third-order valence-electron chi connectivity index (χ3n) is 6.45. The van der Waals surface area contributed by atoms with E-state index >= 15 is 0 Å². The lowest BCUT2D eigenvalue weighted by Crippen LogP contribution is -2.39. The number of aromatic nitrogens is 5. The Kier molecular flexibility index (Phi) is 5.32. The van der Waals surface area contributed by atoms with E-state index in [2.05, 4.69) is 34.0 Å². The van der Waals surface area contributed by atoms with Gasteiger partial charge in [0.2, 0.25) is 0 Å². The molecule has 0 N–H and O–H groups in total. The van der Waals surface area contributed by atoms with Gasteiger partial charge in [0.1, 0.15) is 5.69 Å². The number of hydrogen-bond acceptors (Lipinski definition) is 6. The van der Waals surface area contributed by atoms with E-state index in [0.29, 0.717) is 12.0 Å². The first kappa shape index (κ1) is 19.1. The van der Waals surface area contributed by atoms with Crippen LogP contribution in [0, 0.1) is 0 Å². The molecule has 0 aromatic carbocycles. The summed E-state index contributed by atoms with van der Waals surface area (Å²) < 4.78 is 8.99. The van der Waals surface area contributed by atoms with Crippen molar-refractivity contribution in [2.24, 2.45) is 7.05 Å². The summed E-state index contributed by atoms with van der Waals surface area (Å²) in [6, 6.07) is 2.98. The maximum absolute atomic E-state index is 5.63. The van der Waals surface area contributed by atoms with Crippen molar-refractivity contribution in [2.45, 2.75) is 44.1 Å². The summed E-state index contributed by atoms with van der Waals surface area (Å²) in [5.41, 5.74) is 4.02. The number of ether oxygens (including phenoxy) is 1. The Labute approximate surface area is 176 Å². The van der Waals surface area contributed by atoms with Crippen LogP contribution >= 0.6 is 12.8 Å². The van der Waals surface area contributed by atoms with Crippen LogP contribution in [0.1, 0.15) is 43.6 Å². The third-order valence-corrected chi connectivity index (χ3v) is 6.73. The van der Waals surface area contributed by atoms with Gasteiger partial charge in [-0.05, 0) is 62.5 Å². The Morgan fingerprint density at radius 2 is 1.97 bits per heavy atom. The van der Waals surface area contributed by atoms with Gasteiger partial charge >= 0.3 is 0 Å². The van der Waals surface area contributed by atoms with Crippen molar-refractivity contribution in [3.05, 3.63) is 30.2 Å². The molecule has 154 valence electrons. The number of nitrogens with zero attached hydrogens (tertiary/aromatic N) is 6. The number of rotatable bonds is 3. The van der Waals surface area contributed by atoms with E-state index in [-0.39, 0.29) is 0 Å². The van der Waals surface area contributed by atoms with Gasteiger partial charge in [-0.1, -0.05) is 0 Å². The highest BCUT2D eigenvalue weighted by Crippen LogP contribution is 2.37. The number of pyridine rings is 1. The van der Waals surface area contributed by atoms with Crippen LogP contribution in [0.3, 0.4) is 0 Å². The highest BCUT2D eigenvalue weighted by Gasteiger charge is 2.28. The molecule has 0 radical (unpaired) electrons. The molecule has 0 bridgehead atoms. The SMILES string of the molecule is Cn1cc(-c2nn(S)c3ncc(C4CCC(N5CCCOCC5)CC4)cc23)cn1. The fraction of sp³-hybridized carbons (Fsp3) is 0.571. The fourth-order valence-electron chi connectivity index (χ4n) is 4.89. The standard InChI is InChI=1S/C21H28N6OS/c1-25-14-17(13-23-25)20-19-11-16(12-22-21(19)27(29)24-20)15-3-5-18(6-4-15)26-7-2-9-28-10-8-26/h11-15,18,29H,2-10H2,1H3. The first-order chi connectivity index (χ1) is 14.2. The number of hydrogen-bond donors (Lipinski definition) is 1. The maximum atomic E-state index is 5.63. The molecule has 29 heavy (non-hydrogen) atoms. The van der Waals surface area contributed by atoms with E-state index in [1.807, 2.05) is 25.6 Å². The van der Waals surface area contributed by atoms with Gasteiger partial charge in [0, 0.05) is 56.1 Å². The molecule has 0 amide bonds. The molecule has 5 rings (SSSR count). The normalized spacial score (nSPS) is 24.1. The Bertz CT molecular complexity index is 982. The van der Waals surface area contributed by atoms with Crippen molar-refractivity contribution in [1.29, 1.82) is 0 Å². The molecule has 3 aromatic rings. The van der Waals surface area contributed by atoms with Gasteiger partial charge < -0.3 is 4.74 Å². The quantitative estimate of drug-likeness (QED) is 0.669. The molecular weight excluding hydrogens is 384 g/mol. The summed E-state index contributed by atoms with van der Waals surface area (Å²) in [5, 5.41) is 9.93. The molecule has 7 nitrogen and oxygen atoms in total. The first-order valence-corrected chi connectivity index (χ1v) is 11.0. The lowest BCUT2D eigenvalue weighted by molar-refractivity contribution is 0.118. The Balaban J connectivity index is 1.36. The van der Waals surface area contributed by atoms with Crippen molar-refractivity contribution in [3.8, 4) is 11.3 Å². The molecule has 3 aromatic heterocycles. The first-order valence-electron chi connectivity index (χ1n) is 10.6. The summed E-state index contributed by atoms with van der Waals surface area (Å²) in [7, 11) is 1.92. The molecule has 1 saturated carbocycles. The van der Waals surface area contributed by atoms with Gasteiger partial charge in [-0.15, -0.1) is 0 Å². The minimum atomic E-state index is 0.566. The van der Waals surface area contributed by atoms with Crippen LogP contribution in [0.15, 0.2) is 24.7 Å². The summed E-state index contributed by atoms with van der Waals surface area (Å²) in [5.74, 6) is 0.566. The average Bonchev–Trinajstić information content (AvgIpc) is 3.19.